The van der Waals surface area contributed by atoms with Crippen molar-refractivity contribution in [2.45, 2.75) is 6.92 Å². The highest BCUT2D eigenvalue weighted by Gasteiger charge is 1.88. The molecule has 0 aromatic heterocycles. The molecular weight excluding hydrogens is 254 g/mol. The zero-order valence-electron chi connectivity index (χ0n) is 8.30. The number of benzene rings is 1. The van der Waals surface area contributed by atoms with E-state index < -0.39 is 0 Å². The van der Waals surface area contributed by atoms with Crippen LogP contribution in [0.4, 0.5) is 0 Å². The van der Waals surface area contributed by atoms with E-state index in [2.05, 4.69) is 21.2 Å². The third kappa shape index (κ3) is 8.81. The van der Waals surface area contributed by atoms with E-state index in [4.69, 9.17) is 4.74 Å². The minimum absolute atomic E-state index is 0. The van der Waals surface area contributed by atoms with Gasteiger partial charge in [0.25, 0.3) is 0 Å². The molecule has 0 heterocycles. The van der Waals surface area contributed by atoms with E-state index in [1.54, 1.807) is 0 Å². The van der Waals surface area contributed by atoms with E-state index in [1.807, 2.05) is 45.3 Å². The quantitative estimate of drug-likeness (QED) is 0.829. The number of halogens is 1. The van der Waals surface area contributed by atoms with Crippen LogP contribution in [0.2, 0.25) is 0 Å². The monoisotopic (exact) mass is 271 g/mol. The number of rotatable bonds is 2. The van der Waals surface area contributed by atoms with Crippen molar-refractivity contribution in [3.8, 4) is 5.75 Å². The summed E-state index contributed by atoms with van der Waals surface area (Å²) in [5, 5.41) is 2.75. The van der Waals surface area contributed by atoms with Crippen molar-refractivity contribution in [1.29, 1.82) is 0 Å². The summed E-state index contributed by atoms with van der Waals surface area (Å²) in [6, 6.07) is 7.80. The molecule has 1 rings (SSSR count). The zero-order chi connectivity index (χ0) is 10.1. The van der Waals surface area contributed by atoms with Crippen LogP contribution >= 0.6 is 15.9 Å². The summed E-state index contributed by atoms with van der Waals surface area (Å²) in [7, 11) is 3.75. The second-order valence-corrected chi connectivity index (χ2v) is 3.30. The van der Waals surface area contributed by atoms with Crippen LogP contribution in [0, 0.1) is 0 Å². The van der Waals surface area contributed by atoms with Crippen LogP contribution in [0.3, 0.4) is 0 Å². The Bertz CT molecular complexity index is 216. The van der Waals surface area contributed by atoms with Crippen LogP contribution in [0.5, 0.6) is 5.75 Å². The van der Waals surface area contributed by atoms with Crippen LogP contribution in [-0.2, 0) is 0 Å². The van der Waals surface area contributed by atoms with E-state index in [-0.39, 0.29) is 23.1 Å². The fourth-order valence-electron chi connectivity index (χ4n) is 0.697. The Morgan fingerprint density at radius 3 is 2.00 bits per heavy atom. The zero-order valence-corrected chi connectivity index (χ0v) is 9.89. The third-order valence-electron chi connectivity index (χ3n) is 1.12. The first-order chi connectivity index (χ1) is 6.24. The Labute approximate surface area is 111 Å². The molecule has 0 aliphatic carbocycles. The van der Waals surface area contributed by atoms with Gasteiger partial charge in [0, 0.05) is 4.47 Å². The molecule has 0 aliphatic heterocycles. The van der Waals surface area contributed by atoms with E-state index in [1.165, 1.54) is 0 Å². The van der Waals surface area contributed by atoms with Gasteiger partial charge in [0.05, 0.1) is 6.61 Å². The Balaban J connectivity index is 0. The van der Waals surface area contributed by atoms with Crippen LogP contribution in [0.25, 0.3) is 0 Å². The van der Waals surface area contributed by atoms with E-state index in [9.17, 15) is 0 Å². The maximum absolute atomic E-state index is 5.24. The van der Waals surface area contributed by atoms with Crippen LogP contribution in [0.15, 0.2) is 28.7 Å². The normalized spacial score (nSPS) is 8.00. The van der Waals surface area contributed by atoms with Crippen molar-refractivity contribution < 1.29 is 4.74 Å². The summed E-state index contributed by atoms with van der Waals surface area (Å²) in [6.45, 7) is 2.70. The minimum Gasteiger partial charge on any atom is -0.494 e. The first kappa shape index (κ1) is 16.6. The molecule has 1 aromatic carbocycles. The number of ether oxygens (including phenoxy) is 1. The molecule has 0 unspecified atom stereocenters. The van der Waals surface area contributed by atoms with Gasteiger partial charge in [0.15, 0.2) is 0 Å². The molecule has 0 radical (unpaired) electrons. The Morgan fingerprint density at radius 2 is 1.64 bits per heavy atom. The Hall–Kier alpha value is 0.226. The summed E-state index contributed by atoms with van der Waals surface area (Å²) in [4.78, 5) is 0. The highest BCUT2D eigenvalue weighted by Crippen LogP contribution is 2.15. The van der Waals surface area contributed by atoms with Crippen molar-refractivity contribution in [3.63, 3.8) is 0 Å². The van der Waals surface area contributed by atoms with Crippen LogP contribution < -0.4 is 10.1 Å². The van der Waals surface area contributed by atoms with Crippen molar-refractivity contribution in [2.75, 3.05) is 20.7 Å². The lowest BCUT2D eigenvalue weighted by molar-refractivity contribution is 0.340. The predicted molar refractivity (Wildman–Crippen MR) is 68.8 cm³/mol. The van der Waals surface area contributed by atoms with Gasteiger partial charge in [-0.25, -0.2) is 0 Å². The lowest BCUT2D eigenvalue weighted by Gasteiger charge is -2.00. The summed E-state index contributed by atoms with van der Waals surface area (Å²) in [5.74, 6) is 0.922. The van der Waals surface area contributed by atoms with Crippen molar-refractivity contribution >= 4 is 39.0 Å². The second kappa shape index (κ2) is 11.3. The van der Waals surface area contributed by atoms with Gasteiger partial charge in [-0.05, 0) is 45.3 Å². The first-order valence-electron chi connectivity index (χ1n) is 4.21. The SMILES string of the molecule is CCOc1ccc(Br)cc1.CNC.[MgH2]. The molecular formula is C10H18BrMgNO. The second-order valence-electron chi connectivity index (χ2n) is 2.39. The predicted octanol–water partition coefficient (Wildman–Crippen LogP) is 1.77. The molecule has 1 N–H and O–H groups in total. The molecule has 14 heavy (non-hydrogen) atoms. The first-order valence-corrected chi connectivity index (χ1v) is 5.00. The molecule has 1 aromatic rings. The number of hydrogen-bond donors (Lipinski definition) is 1. The smallest absolute Gasteiger partial charge is 0.316 e. The summed E-state index contributed by atoms with van der Waals surface area (Å²) in [5.41, 5.74) is 0. The number of nitrogens with one attached hydrogen (secondary N) is 1. The topological polar surface area (TPSA) is 21.3 Å². The van der Waals surface area contributed by atoms with Crippen LogP contribution in [0.1, 0.15) is 6.92 Å². The van der Waals surface area contributed by atoms with Crippen molar-refractivity contribution in [1.82, 2.24) is 5.32 Å². The average Bonchev–Trinajstić information content (AvgIpc) is 2.11. The molecule has 0 amide bonds. The van der Waals surface area contributed by atoms with E-state index in [0.29, 0.717) is 0 Å². The van der Waals surface area contributed by atoms with Gasteiger partial charge in [-0.1, -0.05) is 15.9 Å². The van der Waals surface area contributed by atoms with Gasteiger partial charge in [0.2, 0.25) is 0 Å². The Morgan fingerprint density at radius 1 is 1.21 bits per heavy atom. The van der Waals surface area contributed by atoms with Gasteiger partial charge < -0.3 is 10.1 Å². The molecule has 78 valence electrons. The van der Waals surface area contributed by atoms with Gasteiger partial charge in [-0.2, -0.15) is 0 Å². The van der Waals surface area contributed by atoms with Gasteiger partial charge >= 0.3 is 23.1 Å². The summed E-state index contributed by atoms with van der Waals surface area (Å²) in [6.07, 6.45) is 0. The molecule has 0 aliphatic rings. The van der Waals surface area contributed by atoms with Gasteiger partial charge in [0.1, 0.15) is 5.75 Å². The fourth-order valence-corrected chi connectivity index (χ4v) is 0.962. The maximum Gasteiger partial charge on any atom is 0.316 e. The molecule has 2 nitrogen and oxygen atoms in total. The van der Waals surface area contributed by atoms with Gasteiger partial charge in [-0.15, -0.1) is 0 Å². The Kier molecular flexibility index (Phi) is 13.4. The molecule has 0 saturated carbocycles. The van der Waals surface area contributed by atoms with Crippen molar-refractivity contribution in [2.24, 2.45) is 0 Å². The van der Waals surface area contributed by atoms with E-state index >= 15 is 0 Å². The standard InChI is InChI=1S/C8H9BrO.C2H7N.Mg.2H/c1-2-10-8-5-3-7(9)4-6-8;1-3-2;;;/h3-6H,2H2,1H3;3H,1-2H3;;;. The maximum atomic E-state index is 5.24. The lowest BCUT2D eigenvalue weighted by atomic mass is 10.3. The molecule has 4 heteroatoms. The number of hydrogen-bond acceptors (Lipinski definition) is 2. The van der Waals surface area contributed by atoms with Crippen LogP contribution in [-0.4, -0.2) is 43.8 Å². The summed E-state index contributed by atoms with van der Waals surface area (Å²) >= 11 is 3.34. The molecule has 0 bridgehead atoms. The third-order valence-corrected chi connectivity index (χ3v) is 1.65. The van der Waals surface area contributed by atoms with Gasteiger partial charge in [-0.3, -0.25) is 0 Å². The van der Waals surface area contributed by atoms with Crippen molar-refractivity contribution in [3.05, 3.63) is 28.7 Å². The molecule has 0 atom stereocenters. The fraction of sp³-hybridized carbons (Fsp3) is 0.400. The highest BCUT2D eigenvalue weighted by molar-refractivity contribution is 9.10. The van der Waals surface area contributed by atoms with E-state index in [0.717, 1.165) is 16.8 Å². The highest BCUT2D eigenvalue weighted by atomic mass is 79.9. The lowest BCUT2D eigenvalue weighted by Crippen LogP contribution is -1.89. The minimum atomic E-state index is 0. The average molecular weight is 272 g/mol. The molecule has 0 fully saturated rings. The molecule has 0 saturated heterocycles. The molecule has 0 spiro atoms. The largest absolute Gasteiger partial charge is 0.494 e. The summed E-state index contributed by atoms with van der Waals surface area (Å²) < 4.78 is 6.32.